The number of rotatable bonds is 32. The van der Waals surface area contributed by atoms with Crippen molar-refractivity contribution < 1.29 is 32.8 Å². The fraction of sp³-hybridized carbons (Fsp3) is 0.941. The lowest BCUT2D eigenvalue weighted by Gasteiger charge is -2.32. The normalized spacial score (nSPS) is 14.1. The maximum atomic E-state index is 12.4. The summed E-state index contributed by atoms with van der Waals surface area (Å²) in [7, 11) is -5.13. The molecule has 0 radical (unpaired) electrons. The first kappa shape index (κ1) is 40.9. The molecule has 250 valence electrons. The van der Waals surface area contributed by atoms with E-state index in [9.17, 15) is 32.8 Å². The van der Waals surface area contributed by atoms with Gasteiger partial charge in [-0.2, -0.15) is 8.42 Å². The second kappa shape index (κ2) is 26.3. The fourth-order valence-corrected chi connectivity index (χ4v) is 7.38. The minimum absolute atomic E-state index is 0.0718. The van der Waals surface area contributed by atoms with Gasteiger partial charge in [0.2, 0.25) is 4.75 Å². The van der Waals surface area contributed by atoms with E-state index in [1.807, 2.05) is 0 Å². The third-order valence-corrected chi connectivity index (χ3v) is 10.5. The minimum Gasteiger partial charge on any atom is -0.481 e. The minimum atomic E-state index is -5.13. The number of unbranched alkanes of at least 4 members (excludes halogenated alkanes) is 24. The van der Waals surface area contributed by atoms with Crippen LogP contribution in [0, 0.1) is 5.92 Å². The monoisotopic (exact) mass is 618 g/mol. The summed E-state index contributed by atoms with van der Waals surface area (Å²) in [5.41, 5.74) is 0. The van der Waals surface area contributed by atoms with Crippen LogP contribution in [-0.2, 0) is 19.7 Å². The molecular weight excluding hydrogens is 552 g/mol. The first-order chi connectivity index (χ1) is 20.1. The van der Waals surface area contributed by atoms with E-state index in [1.54, 1.807) is 0 Å². The summed E-state index contributed by atoms with van der Waals surface area (Å²) in [6.07, 6.45) is 28.1. The Morgan fingerprint density at radius 2 is 0.810 bits per heavy atom. The van der Waals surface area contributed by atoms with Crippen LogP contribution in [-0.4, -0.2) is 39.9 Å². The molecule has 0 aliphatic rings. The molecule has 3 N–H and O–H groups in total. The van der Waals surface area contributed by atoms with E-state index in [2.05, 4.69) is 13.8 Å². The van der Waals surface area contributed by atoms with Crippen LogP contribution in [0.25, 0.3) is 0 Å². The zero-order valence-electron chi connectivity index (χ0n) is 27.3. The molecule has 7 nitrogen and oxygen atoms in total. The molecule has 0 saturated carbocycles. The highest BCUT2D eigenvalue weighted by molar-refractivity contribution is 7.88. The van der Waals surface area contributed by atoms with Crippen LogP contribution in [0.1, 0.15) is 194 Å². The average molecular weight is 619 g/mol. The lowest BCUT2D eigenvalue weighted by atomic mass is 9.82. The second-order valence-electron chi connectivity index (χ2n) is 12.6. The van der Waals surface area contributed by atoms with E-state index in [4.69, 9.17) is 0 Å². The van der Waals surface area contributed by atoms with Gasteiger partial charge in [0.15, 0.2) is 0 Å². The zero-order valence-corrected chi connectivity index (χ0v) is 28.1. The summed E-state index contributed by atoms with van der Waals surface area (Å²) in [6.45, 7) is 4.42. The molecule has 0 rings (SSSR count). The maximum absolute atomic E-state index is 12.4. The summed E-state index contributed by atoms with van der Waals surface area (Å²) in [4.78, 5) is 24.4. The van der Waals surface area contributed by atoms with Crippen molar-refractivity contribution in [1.82, 2.24) is 0 Å². The Bertz CT molecular complexity index is 768. The molecule has 0 aromatic heterocycles. The highest BCUT2D eigenvalue weighted by Gasteiger charge is 2.58. The molecule has 0 saturated heterocycles. The van der Waals surface area contributed by atoms with Gasteiger partial charge >= 0.3 is 11.9 Å². The van der Waals surface area contributed by atoms with Crippen LogP contribution < -0.4 is 0 Å². The summed E-state index contributed by atoms with van der Waals surface area (Å²) in [5.74, 6) is -4.90. The van der Waals surface area contributed by atoms with E-state index in [0.29, 0.717) is 12.8 Å². The zero-order chi connectivity index (χ0) is 31.5. The molecule has 0 aliphatic carbocycles. The number of hydrogen-bond acceptors (Lipinski definition) is 4. The largest absolute Gasteiger partial charge is 0.481 e. The van der Waals surface area contributed by atoms with Gasteiger partial charge in [0.25, 0.3) is 10.1 Å². The molecule has 2 unspecified atom stereocenters. The molecular formula is C34H66O7S. The molecule has 42 heavy (non-hydrogen) atoms. The van der Waals surface area contributed by atoms with Gasteiger partial charge in [-0.15, -0.1) is 0 Å². The molecule has 0 aliphatic heterocycles. The molecule has 0 bridgehead atoms. The van der Waals surface area contributed by atoms with E-state index >= 15 is 0 Å². The van der Waals surface area contributed by atoms with Gasteiger partial charge in [0.05, 0.1) is 5.92 Å². The van der Waals surface area contributed by atoms with Gasteiger partial charge in [0.1, 0.15) is 0 Å². The quantitative estimate of drug-likeness (QED) is 0.0505. The first-order valence-corrected chi connectivity index (χ1v) is 19.0. The fourth-order valence-electron chi connectivity index (χ4n) is 6.18. The SMILES string of the molecule is CCCCCCCCCCCCCCCCCCC(C(=O)O)C(CCCCCCCCCCCC)(C(=O)O)S(=O)(=O)O. The van der Waals surface area contributed by atoms with E-state index in [-0.39, 0.29) is 19.3 Å². The summed E-state index contributed by atoms with van der Waals surface area (Å²) < 4.78 is 32.2. The Kier molecular flexibility index (Phi) is 25.5. The highest BCUT2D eigenvalue weighted by Crippen LogP contribution is 2.37. The Hall–Kier alpha value is -1.15. The summed E-state index contributed by atoms with van der Waals surface area (Å²) >= 11 is 0. The van der Waals surface area contributed by atoms with Crippen LogP contribution in [0.5, 0.6) is 0 Å². The Morgan fingerprint density at radius 3 is 1.07 bits per heavy atom. The van der Waals surface area contributed by atoms with Gasteiger partial charge in [-0.05, 0) is 12.8 Å². The predicted molar refractivity (Wildman–Crippen MR) is 174 cm³/mol. The van der Waals surface area contributed by atoms with Crippen molar-refractivity contribution in [2.75, 3.05) is 0 Å². The maximum Gasteiger partial charge on any atom is 0.328 e. The van der Waals surface area contributed by atoms with Crippen molar-refractivity contribution in [3.63, 3.8) is 0 Å². The van der Waals surface area contributed by atoms with Crippen molar-refractivity contribution in [2.45, 2.75) is 198 Å². The number of carboxylic acid groups (broad SMARTS) is 2. The molecule has 2 atom stereocenters. The number of carboxylic acids is 2. The number of hydrogen-bond donors (Lipinski definition) is 3. The van der Waals surface area contributed by atoms with Crippen molar-refractivity contribution >= 4 is 22.1 Å². The van der Waals surface area contributed by atoms with Crippen molar-refractivity contribution in [3.05, 3.63) is 0 Å². The average Bonchev–Trinajstić information content (AvgIpc) is 2.93. The van der Waals surface area contributed by atoms with Gasteiger partial charge in [-0.3, -0.25) is 14.1 Å². The molecule has 0 spiro atoms. The third-order valence-electron chi connectivity index (χ3n) is 8.93. The first-order valence-electron chi connectivity index (χ1n) is 17.6. The highest BCUT2D eigenvalue weighted by atomic mass is 32.2. The Labute approximate surface area is 258 Å². The standard InChI is InChI=1S/C34H66O7S/c1-3-5-7-9-11-13-15-16-17-18-19-20-21-23-25-27-29-31(32(35)36)34(33(37)38,42(39,40)41)30-28-26-24-22-14-12-10-8-6-4-2/h31H,3-30H2,1-2H3,(H,35,36)(H,37,38)(H,39,40,41). The molecule has 0 heterocycles. The van der Waals surface area contributed by atoms with Crippen molar-refractivity contribution in [2.24, 2.45) is 5.92 Å². The lowest BCUT2D eigenvalue weighted by Crippen LogP contribution is -2.55. The van der Waals surface area contributed by atoms with Crippen LogP contribution in [0.4, 0.5) is 0 Å². The predicted octanol–water partition coefficient (Wildman–Crippen LogP) is 10.4. The number of aliphatic carboxylic acids is 2. The molecule has 8 heteroatoms. The smallest absolute Gasteiger partial charge is 0.328 e. The second-order valence-corrected chi connectivity index (χ2v) is 14.3. The van der Waals surface area contributed by atoms with Gasteiger partial charge < -0.3 is 10.2 Å². The molecule has 0 aromatic carbocycles. The van der Waals surface area contributed by atoms with Crippen LogP contribution in [0.15, 0.2) is 0 Å². The van der Waals surface area contributed by atoms with Crippen LogP contribution in [0.2, 0.25) is 0 Å². The van der Waals surface area contributed by atoms with E-state index in [1.165, 1.54) is 96.3 Å². The van der Waals surface area contributed by atoms with Crippen LogP contribution >= 0.6 is 0 Å². The van der Waals surface area contributed by atoms with E-state index in [0.717, 1.165) is 51.4 Å². The van der Waals surface area contributed by atoms with Gasteiger partial charge in [-0.1, -0.05) is 181 Å². The molecule has 0 amide bonds. The lowest BCUT2D eigenvalue weighted by molar-refractivity contribution is -0.152. The topological polar surface area (TPSA) is 129 Å². The van der Waals surface area contributed by atoms with Gasteiger partial charge in [0, 0.05) is 0 Å². The third kappa shape index (κ3) is 18.5. The molecule has 0 aromatic rings. The Balaban J connectivity index is 4.42. The van der Waals surface area contributed by atoms with Crippen LogP contribution in [0.3, 0.4) is 0 Å². The van der Waals surface area contributed by atoms with Gasteiger partial charge in [-0.25, -0.2) is 0 Å². The summed E-state index contributed by atoms with van der Waals surface area (Å²) in [5, 5.41) is 19.8. The van der Waals surface area contributed by atoms with E-state index < -0.39 is 32.7 Å². The summed E-state index contributed by atoms with van der Waals surface area (Å²) in [6, 6.07) is 0. The molecule has 0 fully saturated rings. The van der Waals surface area contributed by atoms with Crippen molar-refractivity contribution in [1.29, 1.82) is 0 Å². The van der Waals surface area contributed by atoms with Crippen molar-refractivity contribution in [3.8, 4) is 0 Å². The Morgan fingerprint density at radius 1 is 0.524 bits per heavy atom. The number of carbonyl (C=O) groups is 2.